The number of H-pyrrole nitrogens is 1. The molecule has 2 N–H and O–H groups in total. The van der Waals surface area contributed by atoms with Crippen molar-refractivity contribution in [2.45, 2.75) is 0 Å². The molecule has 18 heavy (non-hydrogen) atoms. The summed E-state index contributed by atoms with van der Waals surface area (Å²) < 4.78 is 10.3. The molecule has 0 saturated carbocycles. The summed E-state index contributed by atoms with van der Waals surface area (Å²) in [5, 5.41) is 2.76. The van der Waals surface area contributed by atoms with Crippen LogP contribution in [0.25, 0.3) is 0 Å². The molecule has 5 nitrogen and oxygen atoms in total. The number of methoxy groups -OCH3 is 2. The summed E-state index contributed by atoms with van der Waals surface area (Å²) in [6.07, 6.45) is 1.70. The quantitative estimate of drug-likeness (QED) is 0.870. The monoisotopic (exact) mass is 246 g/mol. The van der Waals surface area contributed by atoms with E-state index in [1.807, 2.05) is 0 Å². The molecule has 0 aliphatic rings. The van der Waals surface area contributed by atoms with E-state index in [9.17, 15) is 4.79 Å². The van der Waals surface area contributed by atoms with Crippen LogP contribution in [0.2, 0.25) is 0 Å². The number of carbonyl (C=O) groups is 1. The molecular weight excluding hydrogens is 232 g/mol. The topological polar surface area (TPSA) is 63.3 Å². The fourth-order valence-corrected chi connectivity index (χ4v) is 1.55. The molecule has 2 rings (SSSR count). The fraction of sp³-hybridized carbons (Fsp3) is 0.154. The van der Waals surface area contributed by atoms with Gasteiger partial charge in [0.25, 0.3) is 5.91 Å². The molecule has 94 valence electrons. The normalized spacial score (nSPS) is 9.89. The average molecular weight is 246 g/mol. The maximum absolute atomic E-state index is 11.9. The lowest BCUT2D eigenvalue weighted by atomic mass is 10.2. The van der Waals surface area contributed by atoms with Crippen molar-refractivity contribution >= 4 is 11.6 Å². The zero-order chi connectivity index (χ0) is 13.0. The first-order chi connectivity index (χ1) is 8.72. The van der Waals surface area contributed by atoms with Gasteiger partial charge in [0.15, 0.2) is 0 Å². The van der Waals surface area contributed by atoms with Crippen molar-refractivity contribution in [3.63, 3.8) is 0 Å². The highest BCUT2D eigenvalue weighted by Gasteiger charge is 2.08. The number of carbonyl (C=O) groups excluding carboxylic acids is 1. The molecule has 0 aliphatic carbocycles. The third kappa shape index (κ3) is 2.63. The summed E-state index contributed by atoms with van der Waals surface area (Å²) in [5.74, 6) is 1.03. The minimum Gasteiger partial charge on any atom is -0.497 e. The van der Waals surface area contributed by atoms with Gasteiger partial charge in [-0.15, -0.1) is 0 Å². The number of aromatic nitrogens is 1. The van der Waals surface area contributed by atoms with Crippen LogP contribution in [0, 0.1) is 0 Å². The van der Waals surface area contributed by atoms with Crippen LogP contribution in [0.3, 0.4) is 0 Å². The van der Waals surface area contributed by atoms with Gasteiger partial charge in [-0.05, 0) is 12.1 Å². The third-order valence-electron chi connectivity index (χ3n) is 2.45. The van der Waals surface area contributed by atoms with Crippen LogP contribution in [0.15, 0.2) is 36.5 Å². The van der Waals surface area contributed by atoms with Gasteiger partial charge in [0.1, 0.15) is 17.2 Å². The van der Waals surface area contributed by atoms with E-state index in [0.29, 0.717) is 22.9 Å². The first-order valence-corrected chi connectivity index (χ1v) is 5.40. The number of nitrogens with one attached hydrogen (secondary N) is 2. The molecule has 1 amide bonds. The second-order valence-electron chi connectivity index (χ2n) is 3.64. The molecule has 0 saturated heterocycles. The molecule has 0 fully saturated rings. The largest absolute Gasteiger partial charge is 0.497 e. The molecule has 5 heteroatoms. The molecule has 0 atom stereocenters. The van der Waals surface area contributed by atoms with Crippen molar-refractivity contribution < 1.29 is 14.3 Å². The second kappa shape index (κ2) is 5.27. The van der Waals surface area contributed by atoms with E-state index in [4.69, 9.17) is 9.47 Å². The van der Waals surface area contributed by atoms with E-state index in [1.54, 1.807) is 50.7 Å². The summed E-state index contributed by atoms with van der Waals surface area (Å²) in [4.78, 5) is 14.7. The van der Waals surface area contributed by atoms with Crippen LogP contribution in [0.1, 0.15) is 10.5 Å². The van der Waals surface area contributed by atoms with Crippen molar-refractivity contribution in [2.75, 3.05) is 19.5 Å². The van der Waals surface area contributed by atoms with Gasteiger partial charge >= 0.3 is 0 Å². The Morgan fingerprint density at radius 1 is 1.17 bits per heavy atom. The van der Waals surface area contributed by atoms with Gasteiger partial charge in [0.2, 0.25) is 0 Å². The first-order valence-electron chi connectivity index (χ1n) is 5.40. The molecule has 0 bridgehead atoms. The highest BCUT2D eigenvalue weighted by atomic mass is 16.5. The summed E-state index contributed by atoms with van der Waals surface area (Å²) in [7, 11) is 3.12. The van der Waals surface area contributed by atoms with E-state index >= 15 is 0 Å². The first kappa shape index (κ1) is 12.0. The number of benzene rings is 1. The van der Waals surface area contributed by atoms with Crippen molar-refractivity contribution in [2.24, 2.45) is 0 Å². The van der Waals surface area contributed by atoms with Crippen LogP contribution >= 0.6 is 0 Å². The lowest BCUT2D eigenvalue weighted by Gasteiger charge is -2.09. The van der Waals surface area contributed by atoms with Crippen LogP contribution in [0.5, 0.6) is 11.5 Å². The Balaban J connectivity index is 2.20. The highest BCUT2D eigenvalue weighted by Crippen LogP contribution is 2.25. The lowest BCUT2D eigenvalue weighted by molar-refractivity contribution is 0.102. The zero-order valence-corrected chi connectivity index (χ0v) is 10.2. The molecule has 0 spiro atoms. The maximum Gasteiger partial charge on any atom is 0.272 e. The molecule has 1 aromatic carbocycles. The van der Waals surface area contributed by atoms with E-state index in [-0.39, 0.29) is 5.91 Å². The molecule has 0 radical (unpaired) electrons. The zero-order valence-electron chi connectivity index (χ0n) is 10.2. The van der Waals surface area contributed by atoms with Gasteiger partial charge in [-0.3, -0.25) is 4.79 Å². The van der Waals surface area contributed by atoms with Gasteiger partial charge in [-0.2, -0.15) is 0 Å². The molecule has 1 aromatic heterocycles. The highest BCUT2D eigenvalue weighted by molar-refractivity contribution is 6.03. The SMILES string of the molecule is COc1cc(NC(=O)c2ccc[nH]2)cc(OC)c1. The van der Waals surface area contributed by atoms with Gasteiger partial charge in [0.05, 0.1) is 14.2 Å². The lowest BCUT2D eigenvalue weighted by Crippen LogP contribution is -2.12. The Morgan fingerprint density at radius 3 is 2.33 bits per heavy atom. The number of rotatable bonds is 4. The Bertz CT molecular complexity index is 513. The maximum atomic E-state index is 11.9. The number of amides is 1. The summed E-state index contributed by atoms with van der Waals surface area (Å²) >= 11 is 0. The standard InChI is InChI=1S/C13H14N2O3/c1-17-10-6-9(7-11(8-10)18-2)15-13(16)12-4-3-5-14-12/h3-8,14H,1-2H3,(H,15,16). The van der Waals surface area contributed by atoms with Crippen molar-refractivity contribution in [1.82, 2.24) is 4.98 Å². The Morgan fingerprint density at radius 2 is 1.83 bits per heavy atom. The third-order valence-corrected chi connectivity index (χ3v) is 2.45. The number of hydrogen-bond donors (Lipinski definition) is 2. The summed E-state index contributed by atoms with van der Waals surface area (Å²) in [6, 6.07) is 8.66. The van der Waals surface area contributed by atoms with Crippen LogP contribution in [0.4, 0.5) is 5.69 Å². The predicted molar refractivity (Wildman–Crippen MR) is 68.3 cm³/mol. The van der Waals surface area contributed by atoms with Crippen molar-refractivity contribution in [3.05, 3.63) is 42.2 Å². The average Bonchev–Trinajstić information content (AvgIpc) is 2.92. The van der Waals surface area contributed by atoms with E-state index in [1.165, 1.54) is 0 Å². The van der Waals surface area contributed by atoms with Crippen molar-refractivity contribution in [1.29, 1.82) is 0 Å². The Labute approximate surface area is 105 Å². The van der Waals surface area contributed by atoms with Gasteiger partial charge < -0.3 is 19.8 Å². The van der Waals surface area contributed by atoms with E-state index in [2.05, 4.69) is 10.3 Å². The number of aromatic amines is 1. The van der Waals surface area contributed by atoms with E-state index < -0.39 is 0 Å². The van der Waals surface area contributed by atoms with Gasteiger partial charge in [-0.1, -0.05) is 0 Å². The number of ether oxygens (including phenoxy) is 2. The summed E-state index contributed by atoms with van der Waals surface area (Å²) in [5.41, 5.74) is 1.11. The fourth-order valence-electron chi connectivity index (χ4n) is 1.55. The molecule has 0 aliphatic heterocycles. The minimum absolute atomic E-state index is 0.213. The van der Waals surface area contributed by atoms with Gasteiger partial charge in [0, 0.05) is 30.1 Å². The Hall–Kier alpha value is -2.43. The van der Waals surface area contributed by atoms with Crippen LogP contribution in [-0.2, 0) is 0 Å². The van der Waals surface area contributed by atoms with Gasteiger partial charge in [-0.25, -0.2) is 0 Å². The van der Waals surface area contributed by atoms with Crippen LogP contribution < -0.4 is 14.8 Å². The minimum atomic E-state index is -0.213. The number of anilines is 1. The van der Waals surface area contributed by atoms with E-state index in [0.717, 1.165) is 0 Å². The number of hydrogen-bond acceptors (Lipinski definition) is 3. The predicted octanol–water partition coefficient (Wildman–Crippen LogP) is 2.28. The molecule has 0 unspecified atom stereocenters. The molecular formula is C13H14N2O3. The summed E-state index contributed by atoms with van der Waals surface area (Å²) in [6.45, 7) is 0. The second-order valence-corrected chi connectivity index (χ2v) is 3.64. The molecule has 2 aromatic rings. The van der Waals surface area contributed by atoms with Crippen LogP contribution in [-0.4, -0.2) is 25.1 Å². The van der Waals surface area contributed by atoms with Crippen molar-refractivity contribution in [3.8, 4) is 11.5 Å². The molecule has 1 heterocycles. The smallest absolute Gasteiger partial charge is 0.272 e. The Kier molecular flexibility index (Phi) is 3.52.